The molecule has 1 aliphatic rings. The van der Waals surface area contributed by atoms with Crippen molar-refractivity contribution in [1.29, 1.82) is 0 Å². The van der Waals surface area contributed by atoms with E-state index in [1.54, 1.807) is 0 Å². The Kier molecular flexibility index (Phi) is 4.19. The Balaban J connectivity index is 2.03. The molecular formula is C17H24F2O. The summed E-state index contributed by atoms with van der Waals surface area (Å²) in [6, 6.07) is 3.58. The lowest BCUT2D eigenvalue weighted by Gasteiger charge is -2.41. The summed E-state index contributed by atoms with van der Waals surface area (Å²) in [6.45, 7) is 6.67. The van der Waals surface area contributed by atoms with E-state index in [0.717, 1.165) is 18.9 Å². The third kappa shape index (κ3) is 3.57. The molecule has 3 heteroatoms. The standard InChI is InChI=1S/C17H24F2O/c1-16(2,3)13-6-8-17(20,9-7-13)11-12-4-5-14(18)10-15(12)19/h4-5,10,13,20H,6-9,11H2,1-3H3. The van der Waals surface area contributed by atoms with Crippen LogP contribution in [0.15, 0.2) is 18.2 Å². The van der Waals surface area contributed by atoms with Gasteiger partial charge >= 0.3 is 0 Å². The summed E-state index contributed by atoms with van der Waals surface area (Å²) in [5, 5.41) is 10.6. The smallest absolute Gasteiger partial charge is 0.129 e. The summed E-state index contributed by atoms with van der Waals surface area (Å²) in [4.78, 5) is 0. The van der Waals surface area contributed by atoms with E-state index in [1.807, 2.05) is 0 Å². The third-order valence-electron chi connectivity index (χ3n) is 4.68. The molecule has 0 atom stereocenters. The van der Waals surface area contributed by atoms with Crippen molar-refractivity contribution in [3.05, 3.63) is 35.4 Å². The van der Waals surface area contributed by atoms with Crippen molar-refractivity contribution in [1.82, 2.24) is 0 Å². The molecule has 0 bridgehead atoms. The highest BCUT2D eigenvalue weighted by atomic mass is 19.1. The molecule has 1 fully saturated rings. The van der Waals surface area contributed by atoms with E-state index in [4.69, 9.17) is 0 Å². The molecule has 1 saturated carbocycles. The van der Waals surface area contributed by atoms with Gasteiger partial charge < -0.3 is 5.11 Å². The van der Waals surface area contributed by atoms with Crippen LogP contribution in [0.2, 0.25) is 0 Å². The normalized spacial score (nSPS) is 27.6. The van der Waals surface area contributed by atoms with Crippen LogP contribution < -0.4 is 0 Å². The van der Waals surface area contributed by atoms with Gasteiger partial charge in [0.2, 0.25) is 0 Å². The highest BCUT2D eigenvalue weighted by molar-refractivity contribution is 5.20. The number of benzene rings is 1. The van der Waals surface area contributed by atoms with E-state index < -0.39 is 17.2 Å². The molecule has 0 aromatic heterocycles. The molecule has 20 heavy (non-hydrogen) atoms. The fraction of sp³-hybridized carbons (Fsp3) is 0.647. The third-order valence-corrected chi connectivity index (χ3v) is 4.68. The number of halogens is 2. The zero-order valence-electron chi connectivity index (χ0n) is 12.5. The van der Waals surface area contributed by atoms with Gasteiger partial charge in [0.15, 0.2) is 0 Å². The second kappa shape index (κ2) is 5.44. The number of rotatable bonds is 2. The second-order valence-corrected chi connectivity index (χ2v) is 7.28. The fourth-order valence-electron chi connectivity index (χ4n) is 3.22. The van der Waals surface area contributed by atoms with Gasteiger partial charge in [-0.1, -0.05) is 26.8 Å². The summed E-state index contributed by atoms with van der Waals surface area (Å²) in [5.74, 6) is -0.535. The van der Waals surface area contributed by atoms with E-state index in [-0.39, 0.29) is 11.8 Å². The largest absolute Gasteiger partial charge is 0.390 e. The maximum Gasteiger partial charge on any atom is 0.129 e. The minimum Gasteiger partial charge on any atom is -0.390 e. The summed E-state index contributed by atoms with van der Waals surface area (Å²) >= 11 is 0. The molecule has 0 amide bonds. The maximum atomic E-state index is 13.7. The first-order valence-electron chi connectivity index (χ1n) is 7.36. The molecule has 1 aromatic carbocycles. The Labute approximate surface area is 120 Å². The zero-order valence-corrected chi connectivity index (χ0v) is 12.5. The molecule has 0 heterocycles. The molecule has 1 aromatic rings. The molecule has 1 aliphatic carbocycles. The molecule has 1 nitrogen and oxygen atoms in total. The van der Waals surface area contributed by atoms with Gasteiger partial charge in [-0.3, -0.25) is 0 Å². The summed E-state index contributed by atoms with van der Waals surface area (Å²) in [5.41, 5.74) is -0.189. The molecular weight excluding hydrogens is 258 g/mol. The molecule has 0 saturated heterocycles. The fourth-order valence-corrected chi connectivity index (χ4v) is 3.22. The predicted molar refractivity (Wildman–Crippen MR) is 76.4 cm³/mol. The van der Waals surface area contributed by atoms with Crippen molar-refractivity contribution in [3.8, 4) is 0 Å². The van der Waals surface area contributed by atoms with Crippen molar-refractivity contribution in [2.45, 2.75) is 58.5 Å². The second-order valence-electron chi connectivity index (χ2n) is 7.28. The van der Waals surface area contributed by atoms with Gasteiger partial charge in [-0.15, -0.1) is 0 Å². The van der Waals surface area contributed by atoms with Gasteiger partial charge in [-0.2, -0.15) is 0 Å². The summed E-state index contributed by atoms with van der Waals surface area (Å²) in [6.07, 6.45) is 3.57. The molecule has 2 rings (SSSR count). The minimum atomic E-state index is -0.847. The lowest BCUT2D eigenvalue weighted by molar-refractivity contribution is -0.0250. The Hall–Kier alpha value is -0.960. The van der Waals surface area contributed by atoms with Crippen molar-refractivity contribution in [2.75, 3.05) is 0 Å². The molecule has 0 spiro atoms. The predicted octanol–water partition coefficient (Wildman–Crippen LogP) is 4.47. The van der Waals surface area contributed by atoms with E-state index in [9.17, 15) is 13.9 Å². The zero-order chi connectivity index (χ0) is 15.0. The molecule has 112 valence electrons. The number of hydrogen-bond donors (Lipinski definition) is 1. The monoisotopic (exact) mass is 282 g/mol. The lowest BCUT2D eigenvalue weighted by Crippen LogP contribution is -2.39. The highest BCUT2D eigenvalue weighted by Gasteiger charge is 2.37. The average Bonchev–Trinajstić information content (AvgIpc) is 2.32. The van der Waals surface area contributed by atoms with Crippen LogP contribution in [0.3, 0.4) is 0 Å². The van der Waals surface area contributed by atoms with E-state index in [0.29, 0.717) is 24.3 Å². The van der Waals surface area contributed by atoms with Crippen molar-refractivity contribution >= 4 is 0 Å². The molecule has 0 unspecified atom stereocenters. The quantitative estimate of drug-likeness (QED) is 0.848. The van der Waals surface area contributed by atoms with Gasteiger partial charge in [-0.05, 0) is 48.6 Å². The first kappa shape index (κ1) is 15.4. The van der Waals surface area contributed by atoms with Crippen LogP contribution in [0.25, 0.3) is 0 Å². The van der Waals surface area contributed by atoms with Gasteiger partial charge in [0, 0.05) is 12.5 Å². The van der Waals surface area contributed by atoms with Crippen LogP contribution in [0.1, 0.15) is 52.0 Å². The van der Waals surface area contributed by atoms with E-state index >= 15 is 0 Å². The van der Waals surface area contributed by atoms with Crippen LogP contribution in [-0.4, -0.2) is 10.7 Å². The summed E-state index contributed by atoms with van der Waals surface area (Å²) in [7, 11) is 0. The number of hydrogen-bond acceptors (Lipinski definition) is 1. The average molecular weight is 282 g/mol. The van der Waals surface area contributed by atoms with Crippen molar-refractivity contribution < 1.29 is 13.9 Å². The number of aliphatic hydroxyl groups is 1. The van der Waals surface area contributed by atoms with Crippen LogP contribution in [0.5, 0.6) is 0 Å². The first-order chi connectivity index (χ1) is 9.20. The Bertz CT molecular complexity index is 468. The van der Waals surface area contributed by atoms with Crippen LogP contribution >= 0.6 is 0 Å². The van der Waals surface area contributed by atoms with Gasteiger partial charge in [0.05, 0.1) is 5.60 Å². The molecule has 0 radical (unpaired) electrons. The Morgan fingerprint density at radius 1 is 1.20 bits per heavy atom. The Morgan fingerprint density at radius 2 is 1.80 bits per heavy atom. The topological polar surface area (TPSA) is 20.2 Å². The first-order valence-corrected chi connectivity index (χ1v) is 7.36. The lowest BCUT2D eigenvalue weighted by atomic mass is 9.67. The summed E-state index contributed by atoms with van der Waals surface area (Å²) < 4.78 is 26.6. The minimum absolute atomic E-state index is 0.252. The van der Waals surface area contributed by atoms with Crippen molar-refractivity contribution in [2.24, 2.45) is 11.3 Å². The van der Waals surface area contributed by atoms with Crippen molar-refractivity contribution in [3.63, 3.8) is 0 Å². The van der Waals surface area contributed by atoms with E-state index in [1.165, 1.54) is 12.1 Å². The maximum absolute atomic E-state index is 13.7. The van der Waals surface area contributed by atoms with Crippen LogP contribution in [0.4, 0.5) is 8.78 Å². The molecule has 1 N–H and O–H groups in total. The highest BCUT2D eigenvalue weighted by Crippen LogP contribution is 2.42. The van der Waals surface area contributed by atoms with Crippen LogP contribution in [-0.2, 0) is 6.42 Å². The van der Waals surface area contributed by atoms with Crippen LogP contribution in [0, 0.1) is 23.0 Å². The Morgan fingerprint density at radius 3 is 2.30 bits per heavy atom. The SMILES string of the molecule is CC(C)(C)C1CCC(O)(Cc2ccc(F)cc2F)CC1. The van der Waals surface area contributed by atoms with E-state index in [2.05, 4.69) is 20.8 Å². The molecule has 0 aliphatic heterocycles. The van der Waals surface area contributed by atoms with Gasteiger partial charge in [0.25, 0.3) is 0 Å². The van der Waals surface area contributed by atoms with Gasteiger partial charge in [0.1, 0.15) is 11.6 Å². The van der Waals surface area contributed by atoms with Gasteiger partial charge in [-0.25, -0.2) is 8.78 Å².